The number of anilines is 1. The Morgan fingerprint density at radius 1 is 1.26 bits per heavy atom. The summed E-state index contributed by atoms with van der Waals surface area (Å²) in [5.41, 5.74) is 2.91. The van der Waals surface area contributed by atoms with Crippen LogP contribution >= 0.6 is 11.6 Å². The molecule has 0 unspecified atom stereocenters. The number of benzene rings is 2. The number of nitrogens with zero attached hydrogens (tertiary/aromatic N) is 2. The fourth-order valence-electron chi connectivity index (χ4n) is 3.81. The van der Waals surface area contributed by atoms with E-state index in [0.29, 0.717) is 34.3 Å². The third-order valence-corrected chi connectivity index (χ3v) is 5.74. The van der Waals surface area contributed by atoms with Crippen LogP contribution in [0.1, 0.15) is 35.7 Å². The van der Waals surface area contributed by atoms with Gasteiger partial charge in [-0.3, -0.25) is 4.90 Å². The molecule has 1 aliphatic rings. The first kappa shape index (κ1) is 21.5. The molecule has 1 aromatic heterocycles. The maximum Gasteiger partial charge on any atom is 0.337 e. The lowest BCUT2D eigenvalue weighted by atomic mass is 10.0. The summed E-state index contributed by atoms with van der Waals surface area (Å²) >= 11 is 6.19. The van der Waals surface area contributed by atoms with Crippen LogP contribution in [-0.2, 0) is 11.3 Å². The Morgan fingerprint density at radius 3 is 2.81 bits per heavy atom. The molecule has 4 rings (SSSR count). The molecule has 1 N–H and O–H groups in total. The van der Waals surface area contributed by atoms with Crippen molar-refractivity contribution in [2.45, 2.75) is 32.4 Å². The van der Waals surface area contributed by atoms with E-state index in [4.69, 9.17) is 25.5 Å². The van der Waals surface area contributed by atoms with Gasteiger partial charge in [-0.15, -0.1) is 0 Å². The number of carbonyl (C=O) groups is 1. The third kappa shape index (κ3) is 5.11. The number of oxazole rings is 1. The number of rotatable bonds is 7. The van der Waals surface area contributed by atoms with Crippen molar-refractivity contribution in [3.05, 3.63) is 52.5 Å². The molecule has 0 amide bonds. The molecular formula is C23H26ClN3O4. The van der Waals surface area contributed by atoms with Gasteiger partial charge in [0.2, 0.25) is 0 Å². The molecule has 0 aliphatic carbocycles. The number of carbonyl (C=O) groups excluding carboxylic acids is 1. The predicted octanol–water partition coefficient (Wildman–Crippen LogP) is 4.74. The zero-order valence-corrected chi connectivity index (χ0v) is 18.4. The van der Waals surface area contributed by atoms with Crippen LogP contribution in [0.15, 0.2) is 40.8 Å². The van der Waals surface area contributed by atoms with Crippen LogP contribution in [0.4, 0.5) is 6.01 Å². The summed E-state index contributed by atoms with van der Waals surface area (Å²) in [6, 6.07) is 11.9. The van der Waals surface area contributed by atoms with Gasteiger partial charge in [0.25, 0.3) is 6.01 Å². The number of ether oxygens (including phenoxy) is 2. The van der Waals surface area contributed by atoms with Crippen LogP contribution in [0, 0.1) is 0 Å². The molecule has 164 valence electrons. The summed E-state index contributed by atoms with van der Waals surface area (Å²) in [6.07, 6.45) is 1.97. The number of hydrogen-bond donors (Lipinski definition) is 1. The molecule has 0 atom stereocenters. The summed E-state index contributed by atoms with van der Waals surface area (Å²) in [4.78, 5) is 18.6. The van der Waals surface area contributed by atoms with Crippen molar-refractivity contribution < 1.29 is 18.7 Å². The molecule has 0 spiro atoms. The zero-order chi connectivity index (χ0) is 21.8. The highest BCUT2D eigenvalue weighted by Crippen LogP contribution is 2.27. The molecule has 3 aromatic rings. The van der Waals surface area contributed by atoms with Gasteiger partial charge < -0.3 is 19.2 Å². The lowest BCUT2D eigenvalue weighted by molar-refractivity contribution is 0.0600. The predicted molar refractivity (Wildman–Crippen MR) is 120 cm³/mol. The number of hydrogen-bond acceptors (Lipinski definition) is 7. The summed E-state index contributed by atoms with van der Waals surface area (Å²) in [5.74, 6) is 0.346. The fraction of sp³-hybridized carbons (Fsp3) is 0.391. The normalized spacial score (nSPS) is 15.2. The molecule has 31 heavy (non-hydrogen) atoms. The maximum atomic E-state index is 11.7. The minimum Gasteiger partial charge on any atom is -0.492 e. The second kappa shape index (κ2) is 9.58. The highest BCUT2D eigenvalue weighted by atomic mass is 35.5. The van der Waals surface area contributed by atoms with Gasteiger partial charge in [0.05, 0.1) is 24.3 Å². The van der Waals surface area contributed by atoms with Crippen molar-refractivity contribution >= 4 is 34.7 Å². The van der Waals surface area contributed by atoms with E-state index in [-0.39, 0.29) is 6.04 Å². The van der Waals surface area contributed by atoms with Crippen LogP contribution in [0.25, 0.3) is 11.1 Å². The topological polar surface area (TPSA) is 76.8 Å². The fourth-order valence-corrected chi connectivity index (χ4v) is 3.98. The van der Waals surface area contributed by atoms with E-state index in [1.54, 1.807) is 18.2 Å². The minimum absolute atomic E-state index is 0.286. The van der Waals surface area contributed by atoms with E-state index in [2.05, 4.69) is 21.3 Å². The molecule has 0 bridgehead atoms. The molecule has 8 heteroatoms. The lowest BCUT2D eigenvalue weighted by Crippen LogP contribution is -2.38. The van der Waals surface area contributed by atoms with Crippen LogP contribution < -0.4 is 10.1 Å². The second-order valence-corrected chi connectivity index (χ2v) is 7.99. The molecule has 0 saturated carbocycles. The van der Waals surface area contributed by atoms with E-state index >= 15 is 0 Å². The van der Waals surface area contributed by atoms with Gasteiger partial charge in [0.15, 0.2) is 5.58 Å². The summed E-state index contributed by atoms with van der Waals surface area (Å²) in [5, 5.41) is 4.04. The third-order valence-electron chi connectivity index (χ3n) is 5.43. The van der Waals surface area contributed by atoms with E-state index in [1.807, 2.05) is 19.1 Å². The van der Waals surface area contributed by atoms with Gasteiger partial charge >= 0.3 is 5.97 Å². The van der Waals surface area contributed by atoms with Crippen LogP contribution in [-0.4, -0.2) is 48.7 Å². The summed E-state index contributed by atoms with van der Waals surface area (Å²) in [6.45, 7) is 5.35. The second-order valence-electron chi connectivity index (χ2n) is 7.59. The number of nitrogens with one attached hydrogen (secondary N) is 1. The zero-order valence-electron chi connectivity index (χ0n) is 17.7. The van der Waals surface area contributed by atoms with Crippen molar-refractivity contribution in [2.75, 3.05) is 32.1 Å². The van der Waals surface area contributed by atoms with E-state index in [9.17, 15) is 4.79 Å². The summed E-state index contributed by atoms with van der Waals surface area (Å²) in [7, 11) is 1.36. The Morgan fingerprint density at radius 2 is 2.06 bits per heavy atom. The van der Waals surface area contributed by atoms with Gasteiger partial charge in [-0.1, -0.05) is 17.7 Å². The van der Waals surface area contributed by atoms with Crippen molar-refractivity contribution in [1.82, 2.24) is 9.88 Å². The Kier molecular flexibility index (Phi) is 6.63. The van der Waals surface area contributed by atoms with Crippen molar-refractivity contribution in [2.24, 2.45) is 0 Å². The molecule has 7 nitrogen and oxygen atoms in total. The first-order chi connectivity index (χ1) is 15.1. The molecule has 1 aliphatic heterocycles. The van der Waals surface area contributed by atoms with Gasteiger partial charge in [-0.25, -0.2) is 4.79 Å². The number of likely N-dealkylation sites (tertiary alicyclic amines) is 1. The molecular weight excluding hydrogens is 418 g/mol. The standard InChI is InChI=1S/C23H26ClN3O4/c1-3-30-20-12-15(4-6-18(20)24)14-27-10-8-17(9-11-27)25-23-26-19-7-5-16(22(28)29-2)13-21(19)31-23/h4-7,12-13,17H,3,8-11,14H2,1-2H3,(H,25,26). The van der Waals surface area contributed by atoms with E-state index in [1.165, 1.54) is 12.7 Å². The average molecular weight is 444 g/mol. The molecule has 2 heterocycles. The smallest absolute Gasteiger partial charge is 0.337 e. The minimum atomic E-state index is -0.394. The molecule has 0 radical (unpaired) electrons. The number of fused-ring (bicyclic) bond motifs is 1. The monoisotopic (exact) mass is 443 g/mol. The quantitative estimate of drug-likeness (QED) is 0.528. The highest BCUT2D eigenvalue weighted by Gasteiger charge is 2.21. The lowest BCUT2D eigenvalue weighted by Gasteiger charge is -2.32. The summed E-state index contributed by atoms with van der Waals surface area (Å²) < 4.78 is 16.2. The van der Waals surface area contributed by atoms with Gasteiger partial charge in [-0.05, 0) is 55.7 Å². The van der Waals surface area contributed by atoms with Gasteiger partial charge in [0.1, 0.15) is 11.3 Å². The Labute approximate surface area is 186 Å². The Balaban J connectivity index is 1.33. The first-order valence-electron chi connectivity index (χ1n) is 10.4. The largest absolute Gasteiger partial charge is 0.492 e. The molecule has 1 saturated heterocycles. The van der Waals surface area contributed by atoms with Crippen LogP contribution in [0.2, 0.25) is 5.02 Å². The SMILES string of the molecule is CCOc1cc(CN2CCC(Nc3nc4ccc(C(=O)OC)cc4o3)CC2)ccc1Cl. The number of esters is 1. The molecule has 1 fully saturated rings. The van der Waals surface area contributed by atoms with Crippen LogP contribution in [0.5, 0.6) is 5.75 Å². The van der Waals surface area contributed by atoms with Crippen molar-refractivity contribution in [3.63, 3.8) is 0 Å². The van der Waals surface area contributed by atoms with Crippen molar-refractivity contribution in [1.29, 1.82) is 0 Å². The average Bonchev–Trinajstić information content (AvgIpc) is 3.18. The van der Waals surface area contributed by atoms with Crippen LogP contribution in [0.3, 0.4) is 0 Å². The maximum absolute atomic E-state index is 11.7. The van der Waals surface area contributed by atoms with E-state index < -0.39 is 5.97 Å². The van der Waals surface area contributed by atoms with Gasteiger partial charge in [-0.2, -0.15) is 4.98 Å². The Hall–Kier alpha value is -2.77. The number of piperidine rings is 1. The molecule has 2 aromatic carbocycles. The first-order valence-corrected chi connectivity index (χ1v) is 10.8. The van der Waals surface area contributed by atoms with Gasteiger partial charge in [0, 0.05) is 25.7 Å². The Bertz CT molecular complexity index is 1060. The number of methoxy groups -OCH3 is 1. The number of halogens is 1. The number of aromatic nitrogens is 1. The van der Waals surface area contributed by atoms with E-state index in [0.717, 1.165) is 38.2 Å². The highest BCUT2D eigenvalue weighted by molar-refractivity contribution is 6.32. The van der Waals surface area contributed by atoms with Crippen molar-refractivity contribution in [3.8, 4) is 5.75 Å².